The summed E-state index contributed by atoms with van der Waals surface area (Å²) >= 11 is 0. The fourth-order valence-corrected chi connectivity index (χ4v) is 3.51. The van der Waals surface area contributed by atoms with Gasteiger partial charge in [0.15, 0.2) is 0 Å². The number of hydrogen-bond acceptors (Lipinski definition) is 13. The summed E-state index contributed by atoms with van der Waals surface area (Å²) in [5.74, 6) is -3.92. The van der Waals surface area contributed by atoms with E-state index in [4.69, 9.17) is 0 Å². The van der Waals surface area contributed by atoms with Crippen LogP contribution in [0.25, 0.3) is 0 Å². The summed E-state index contributed by atoms with van der Waals surface area (Å²) in [5, 5.41) is 62.3. The van der Waals surface area contributed by atoms with Crippen LogP contribution < -0.4 is 44.9 Å². The van der Waals surface area contributed by atoms with Crippen LogP contribution in [-0.4, -0.2) is 150 Å². The molecule has 0 aliphatic carbocycles. The molecule has 32 heavy (non-hydrogen) atoms. The van der Waals surface area contributed by atoms with Gasteiger partial charge in [0.1, 0.15) is 0 Å². The molecule has 13 nitrogen and oxygen atoms in total. The smallest absolute Gasteiger partial charge is 0.549 e. The van der Waals surface area contributed by atoms with Crippen molar-refractivity contribution in [3.05, 3.63) is 0 Å². The molecule has 1 aliphatic rings. The Labute approximate surface area is 209 Å². The van der Waals surface area contributed by atoms with E-state index in [1.165, 1.54) is 4.90 Å². The Kier molecular flexibility index (Phi) is 16.2. The number of aliphatic carboxylic acids is 3. The largest absolute Gasteiger partial charge is 1.00 e. The van der Waals surface area contributed by atoms with Crippen LogP contribution in [0.5, 0.6) is 0 Å². The minimum absolute atomic E-state index is 0. The fourth-order valence-electron chi connectivity index (χ4n) is 3.51. The van der Waals surface area contributed by atoms with Crippen molar-refractivity contribution in [3.63, 3.8) is 0 Å². The maximum atomic E-state index is 11.1. The predicted molar refractivity (Wildman–Crippen MR) is 99.9 cm³/mol. The van der Waals surface area contributed by atoms with Crippen molar-refractivity contribution in [3.8, 4) is 0 Å². The number of carboxylic acid groups (broad SMARTS) is 3. The average molecular weight is 470 g/mol. The minimum atomic E-state index is -1.31. The van der Waals surface area contributed by atoms with E-state index in [0.29, 0.717) is 0 Å². The fraction of sp³-hybridized carbons (Fsp3) is 0.833. The molecule has 1 saturated heterocycles. The van der Waals surface area contributed by atoms with Crippen molar-refractivity contribution in [1.29, 1.82) is 0 Å². The predicted octanol–water partition coefficient (Wildman–Crippen LogP) is -10.8. The summed E-state index contributed by atoms with van der Waals surface area (Å²) in [4.78, 5) is 39.5. The summed E-state index contributed by atoms with van der Waals surface area (Å²) in [6.07, 6.45) is -1.25. The van der Waals surface area contributed by atoms with Crippen molar-refractivity contribution < 1.29 is 74.6 Å². The zero-order valence-corrected chi connectivity index (χ0v) is 20.4. The van der Waals surface area contributed by atoms with Crippen LogP contribution >= 0.6 is 0 Å². The van der Waals surface area contributed by atoms with E-state index >= 15 is 0 Å². The average Bonchev–Trinajstić information content (AvgIpc) is 2.68. The van der Waals surface area contributed by atoms with Crippen molar-refractivity contribution in [1.82, 2.24) is 19.6 Å². The molecule has 1 aliphatic heterocycles. The number of nitrogens with zero attached hydrogens (tertiary/aromatic N) is 4. The van der Waals surface area contributed by atoms with Gasteiger partial charge in [-0.2, -0.15) is 0 Å². The van der Waals surface area contributed by atoms with E-state index in [9.17, 15) is 45.0 Å². The van der Waals surface area contributed by atoms with Gasteiger partial charge in [-0.1, -0.05) is 0 Å². The first kappa shape index (κ1) is 31.1. The van der Waals surface area contributed by atoms with Gasteiger partial charge in [-0.15, -0.1) is 0 Å². The van der Waals surface area contributed by atoms with Crippen molar-refractivity contribution in [2.75, 3.05) is 85.2 Å². The second-order valence-electron chi connectivity index (χ2n) is 7.48. The van der Waals surface area contributed by atoms with Gasteiger partial charge in [0, 0.05) is 72.0 Å². The van der Waals surface area contributed by atoms with Crippen LogP contribution in [0.1, 0.15) is 0 Å². The van der Waals surface area contributed by atoms with E-state index < -0.39 is 56.4 Å². The molecule has 0 amide bonds. The molecule has 0 aromatic heterocycles. The number of aliphatic hydroxyl groups excluding tert-OH is 3. The van der Waals surface area contributed by atoms with E-state index in [1.54, 1.807) is 14.7 Å². The van der Waals surface area contributed by atoms with Gasteiger partial charge in [-0.05, 0) is 0 Å². The van der Waals surface area contributed by atoms with Gasteiger partial charge in [0.2, 0.25) is 0 Å². The Hall–Kier alpha value is -0.870. The standard InChI is InChI=1S/C18H34N4O9.Na/c23-12-14(15(25)13-24)22-7-5-20(10-17(28)29)3-1-19(9-16(26)27)2-4-21(6-8-22)11-18(30)31;/h14-15,23-25H,1-13H2,(H,26,27)(H,28,29)(H,30,31);/q;+1/p-3. The Morgan fingerprint density at radius 2 is 0.969 bits per heavy atom. The molecule has 1 heterocycles. The quantitative estimate of drug-likeness (QED) is 0.255. The molecule has 1 fully saturated rings. The van der Waals surface area contributed by atoms with Crippen LogP contribution in [0.4, 0.5) is 0 Å². The number of aliphatic hydroxyl groups is 3. The topological polar surface area (TPSA) is 194 Å². The third-order valence-corrected chi connectivity index (χ3v) is 5.22. The Morgan fingerprint density at radius 1 is 0.656 bits per heavy atom. The van der Waals surface area contributed by atoms with Crippen LogP contribution in [0, 0.1) is 0 Å². The Balaban J connectivity index is 0.00000961. The van der Waals surface area contributed by atoms with Crippen LogP contribution in [0.3, 0.4) is 0 Å². The summed E-state index contributed by atoms with van der Waals surface area (Å²) in [6.45, 7) is -0.648. The first-order valence-corrected chi connectivity index (χ1v) is 10.1. The molecule has 2 atom stereocenters. The molecule has 180 valence electrons. The molecule has 0 aromatic rings. The molecule has 0 aromatic carbocycles. The third-order valence-electron chi connectivity index (χ3n) is 5.22. The second-order valence-corrected chi connectivity index (χ2v) is 7.48. The maximum Gasteiger partial charge on any atom is 1.00 e. The minimum Gasteiger partial charge on any atom is -0.549 e. The maximum absolute atomic E-state index is 11.1. The van der Waals surface area contributed by atoms with E-state index in [2.05, 4.69) is 0 Å². The molecule has 0 bridgehead atoms. The molecule has 0 spiro atoms. The SMILES string of the molecule is O=C([O-])CN1CCN(CC(=O)[O-])CCN(C(CO)C(O)CO)CCN(CC(=O)[O-])CC1.[Na+]. The van der Waals surface area contributed by atoms with Gasteiger partial charge >= 0.3 is 29.6 Å². The normalized spacial score (nSPS) is 20.3. The number of carbonyl (C=O) groups is 3. The second kappa shape index (κ2) is 16.7. The Morgan fingerprint density at radius 3 is 1.22 bits per heavy atom. The summed E-state index contributed by atoms with van der Waals surface area (Å²) in [6, 6.07) is -0.836. The number of hydrogen-bond donors (Lipinski definition) is 3. The van der Waals surface area contributed by atoms with Gasteiger partial charge < -0.3 is 45.0 Å². The molecule has 0 radical (unpaired) electrons. The van der Waals surface area contributed by atoms with Gasteiger partial charge in [0.05, 0.1) is 43.3 Å². The molecular formula is C18H31N4NaO9-2. The van der Waals surface area contributed by atoms with E-state index in [0.717, 1.165) is 0 Å². The monoisotopic (exact) mass is 470 g/mol. The van der Waals surface area contributed by atoms with Gasteiger partial charge in [-0.25, -0.2) is 0 Å². The summed E-state index contributed by atoms with van der Waals surface area (Å²) in [5.41, 5.74) is 0. The number of carbonyl (C=O) groups excluding carboxylic acids is 3. The molecule has 14 heteroatoms. The van der Waals surface area contributed by atoms with Crippen LogP contribution in [-0.2, 0) is 14.4 Å². The molecule has 1 rings (SSSR count). The van der Waals surface area contributed by atoms with Crippen molar-refractivity contribution >= 4 is 17.9 Å². The zero-order valence-electron chi connectivity index (χ0n) is 18.4. The van der Waals surface area contributed by atoms with E-state index in [-0.39, 0.29) is 88.5 Å². The van der Waals surface area contributed by atoms with Gasteiger partial charge in [0.25, 0.3) is 0 Å². The molecular weight excluding hydrogens is 439 g/mol. The number of carboxylic acids is 3. The number of rotatable bonds is 10. The Bertz CT molecular complexity index is 555. The molecule has 0 saturated carbocycles. The van der Waals surface area contributed by atoms with Crippen molar-refractivity contribution in [2.45, 2.75) is 12.1 Å². The van der Waals surface area contributed by atoms with Crippen molar-refractivity contribution in [2.24, 2.45) is 0 Å². The summed E-state index contributed by atoms with van der Waals surface area (Å²) in [7, 11) is 0. The first-order valence-electron chi connectivity index (χ1n) is 10.1. The first-order chi connectivity index (χ1) is 14.7. The zero-order chi connectivity index (χ0) is 23.4. The third kappa shape index (κ3) is 12.4. The molecule has 2 unspecified atom stereocenters. The van der Waals surface area contributed by atoms with Gasteiger partial charge in [-0.3, -0.25) is 19.6 Å². The van der Waals surface area contributed by atoms with Crippen LogP contribution in [0.15, 0.2) is 0 Å². The molecule has 3 N–H and O–H groups in total. The van der Waals surface area contributed by atoms with Crippen LogP contribution in [0.2, 0.25) is 0 Å². The van der Waals surface area contributed by atoms with E-state index in [1.807, 2.05) is 0 Å². The summed E-state index contributed by atoms with van der Waals surface area (Å²) < 4.78 is 0.